The molecule has 0 fully saturated rings. The van der Waals surface area contributed by atoms with Gasteiger partial charge in [0.15, 0.2) is 0 Å². The van der Waals surface area contributed by atoms with Crippen molar-refractivity contribution >= 4 is 38.6 Å². The van der Waals surface area contributed by atoms with Gasteiger partial charge in [-0.05, 0) is 72.3 Å². The maximum absolute atomic E-state index is 3.64. The minimum absolute atomic E-state index is 0.455. The van der Waals surface area contributed by atoms with Crippen LogP contribution in [0.1, 0.15) is 46.0 Å². The van der Waals surface area contributed by atoms with Crippen molar-refractivity contribution in [1.82, 2.24) is 5.32 Å². The molecular formula is C15H18BrNS2. The third-order valence-electron chi connectivity index (χ3n) is 3.65. The summed E-state index contributed by atoms with van der Waals surface area (Å²) in [6.45, 7) is 3.24. The van der Waals surface area contributed by atoms with Crippen LogP contribution in [0, 0.1) is 0 Å². The van der Waals surface area contributed by atoms with E-state index >= 15 is 0 Å². The highest BCUT2D eigenvalue weighted by Gasteiger charge is 2.16. The van der Waals surface area contributed by atoms with Crippen LogP contribution in [0.15, 0.2) is 22.0 Å². The van der Waals surface area contributed by atoms with Crippen LogP contribution in [0.25, 0.3) is 0 Å². The second-order valence-electron chi connectivity index (χ2n) is 5.11. The second-order valence-corrected chi connectivity index (χ2v) is 8.83. The SMILES string of the molecule is CC(NCc1ccc(Br)s1)c1cc2c(s1)CCCC2. The van der Waals surface area contributed by atoms with Crippen molar-refractivity contribution in [2.75, 3.05) is 0 Å². The van der Waals surface area contributed by atoms with Gasteiger partial charge in [-0.15, -0.1) is 22.7 Å². The predicted molar refractivity (Wildman–Crippen MR) is 88.2 cm³/mol. The first kappa shape index (κ1) is 13.8. The molecule has 0 aromatic carbocycles. The lowest BCUT2D eigenvalue weighted by molar-refractivity contribution is 0.587. The normalized spacial score (nSPS) is 16.3. The summed E-state index contributed by atoms with van der Waals surface area (Å²) < 4.78 is 1.21. The molecule has 1 aliphatic rings. The van der Waals surface area contributed by atoms with Gasteiger partial charge >= 0.3 is 0 Å². The van der Waals surface area contributed by atoms with E-state index in [-0.39, 0.29) is 0 Å². The average Bonchev–Trinajstić information content (AvgIpc) is 3.01. The third kappa shape index (κ3) is 3.30. The zero-order valence-electron chi connectivity index (χ0n) is 11.0. The number of hydrogen-bond donors (Lipinski definition) is 1. The van der Waals surface area contributed by atoms with E-state index in [0.29, 0.717) is 6.04 Å². The lowest BCUT2D eigenvalue weighted by Gasteiger charge is -2.10. The molecule has 2 aromatic rings. The van der Waals surface area contributed by atoms with Gasteiger partial charge < -0.3 is 5.32 Å². The highest BCUT2D eigenvalue weighted by Crippen LogP contribution is 2.33. The number of nitrogens with one attached hydrogen (secondary N) is 1. The number of fused-ring (bicyclic) bond motifs is 1. The molecular weight excluding hydrogens is 338 g/mol. The van der Waals surface area contributed by atoms with Gasteiger partial charge in [0.05, 0.1) is 3.79 Å². The Morgan fingerprint density at radius 1 is 1.26 bits per heavy atom. The van der Waals surface area contributed by atoms with Crippen LogP contribution in [0.3, 0.4) is 0 Å². The van der Waals surface area contributed by atoms with Gasteiger partial charge in [-0.25, -0.2) is 0 Å². The van der Waals surface area contributed by atoms with E-state index in [9.17, 15) is 0 Å². The van der Waals surface area contributed by atoms with E-state index in [1.165, 1.54) is 39.2 Å². The summed E-state index contributed by atoms with van der Waals surface area (Å²) in [5.41, 5.74) is 1.61. The monoisotopic (exact) mass is 355 g/mol. The summed E-state index contributed by atoms with van der Waals surface area (Å²) in [6.07, 6.45) is 5.33. The zero-order valence-corrected chi connectivity index (χ0v) is 14.3. The quantitative estimate of drug-likeness (QED) is 0.784. The molecule has 4 heteroatoms. The fourth-order valence-electron chi connectivity index (χ4n) is 2.53. The first-order valence-corrected chi connectivity index (χ1v) is 9.24. The molecule has 102 valence electrons. The minimum atomic E-state index is 0.455. The largest absolute Gasteiger partial charge is 0.305 e. The van der Waals surface area contributed by atoms with E-state index in [2.05, 4.69) is 46.4 Å². The van der Waals surface area contributed by atoms with E-state index in [1.807, 2.05) is 22.7 Å². The number of aryl methyl sites for hydroxylation is 2. The highest BCUT2D eigenvalue weighted by molar-refractivity contribution is 9.11. The van der Waals surface area contributed by atoms with E-state index in [4.69, 9.17) is 0 Å². The Hall–Kier alpha value is -0.160. The Morgan fingerprint density at radius 3 is 2.84 bits per heavy atom. The molecule has 1 nitrogen and oxygen atoms in total. The summed E-state index contributed by atoms with van der Waals surface area (Å²) in [5.74, 6) is 0. The van der Waals surface area contributed by atoms with Crippen LogP contribution in [0.5, 0.6) is 0 Å². The van der Waals surface area contributed by atoms with Crippen LogP contribution in [0.2, 0.25) is 0 Å². The van der Waals surface area contributed by atoms with Gasteiger partial charge in [-0.3, -0.25) is 0 Å². The van der Waals surface area contributed by atoms with Crippen molar-refractivity contribution in [3.05, 3.63) is 42.2 Å². The standard InChI is InChI=1S/C15H18BrNS2/c1-10(17-9-12-6-7-15(16)18-12)14-8-11-4-2-3-5-13(11)19-14/h6-8,10,17H,2-5,9H2,1H3. The molecule has 1 unspecified atom stereocenters. The Labute approximate surface area is 131 Å². The molecule has 1 N–H and O–H groups in total. The van der Waals surface area contributed by atoms with Gasteiger partial charge in [-0.1, -0.05) is 0 Å². The number of hydrogen-bond acceptors (Lipinski definition) is 3. The van der Waals surface area contributed by atoms with E-state index in [0.717, 1.165) is 6.54 Å². The number of rotatable bonds is 4. The predicted octanol–water partition coefficient (Wildman–Crippen LogP) is 5.30. The van der Waals surface area contributed by atoms with Gasteiger partial charge in [0.2, 0.25) is 0 Å². The lowest BCUT2D eigenvalue weighted by Crippen LogP contribution is -2.16. The molecule has 0 aliphatic heterocycles. The summed E-state index contributed by atoms with van der Waals surface area (Å²) in [6, 6.07) is 7.20. The van der Waals surface area contributed by atoms with Crippen molar-refractivity contribution in [1.29, 1.82) is 0 Å². The van der Waals surface area contributed by atoms with Crippen LogP contribution >= 0.6 is 38.6 Å². The molecule has 0 amide bonds. The molecule has 1 atom stereocenters. The Bertz CT molecular complexity index is 535. The Morgan fingerprint density at radius 2 is 2.11 bits per heavy atom. The maximum Gasteiger partial charge on any atom is 0.0701 e. The van der Waals surface area contributed by atoms with Crippen molar-refractivity contribution in [2.45, 2.75) is 45.2 Å². The molecule has 3 rings (SSSR count). The lowest BCUT2D eigenvalue weighted by atomic mass is 9.99. The van der Waals surface area contributed by atoms with Crippen molar-refractivity contribution < 1.29 is 0 Å². The molecule has 0 saturated heterocycles. The number of halogens is 1. The summed E-state index contributed by atoms with van der Waals surface area (Å²) in [7, 11) is 0. The summed E-state index contributed by atoms with van der Waals surface area (Å²) in [4.78, 5) is 4.52. The summed E-state index contributed by atoms with van der Waals surface area (Å²) in [5, 5.41) is 3.64. The first-order chi connectivity index (χ1) is 9.22. The minimum Gasteiger partial charge on any atom is -0.305 e. The van der Waals surface area contributed by atoms with E-state index in [1.54, 1.807) is 10.4 Å². The van der Waals surface area contributed by atoms with Crippen molar-refractivity contribution in [3.63, 3.8) is 0 Å². The topological polar surface area (TPSA) is 12.0 Å². The van der Waals surface area contributed by atoms with Gasteiger partial charge in [0.25, 0.3) is 0 Å². The molecule has 0 spiro atoms. The highest BCUT2D eigenvalue weighted by atomic mass is 79.9. The fraction of sp³-hybridized carbons (Fsp3) is 0.467. The Kier molecular flexibility index (Phi) is 4.42. The van der Waals surface area contributed by atoms with Crippen LogP contribution in [0.4, 0.5) is 0 Å². The molecule has 2 heterocycles. The third-order valence-corrected chi connectivity index (χ3v) is 6.70. The van der Waals surface area contributed by atoms with Crippen LogP contribution in [-0.2, 0) is 19.4 Å². The molecule has 2 aromatic heterocycles. The van der Waals surface area contributed by atoms with Gasteiger partial charge in [-0.2, -0.15) is 0 Å². The molecule has 0 bridgehead atoms. The smallest absolute Gasteiger partial charge is 0.0701 e. The van der Waals surface area contributed by atoms with Crippen LogP contribution < -0.4 is 5.32 Å². The molecule has 0 radical (unpaired) electrons. The number of thiophene rings is 2. The first-order valence-electron chi connectivity index (χ1n) is 6.81. The van der Waals surface area contributed by atoms with Crippen LogP contribution in [-0.4, -0.2) is 0 Å². The zero-order chi connectivity index (χ0) is 13.2. The molecule has 1 aliphatic carbocycles. The molecule has 19 heavy (non-hydrogen) atoms. The van der Waals surface area contributed by atoms with Crippen molar-refractivity contribution in [2.24, 2.45) is 0 Å². The maximum atomic E-state index is 3.64. The van der Waals surface area contributed by atoms with Gasteiger partial charge in [0.1, 0.15) is 0 Å². The van der Waals surface area contributed by atoms with Crippen molar-refractivity contribution in [3.8, 4) is 0 Å². The fourth-order valence-corrected chi connectivity index (χ4v) is 5.25. The van der Waals surface area contributed by atoms with Gasteiger partial charge in [0, 0.05) is 27.2 Å². The van der Waals surface area contributed by atoms with E-state index < -0.39 is 0 Å². The Balaban J connectivity index is 1.63. The summed E-state index contributed by atoms with van der Waals surface area (Å²) >= 11 is 7.34. The average molecular weight is 356 g/mol. The molecule has 0 saturated carbocycles. The second kappa shape index (κ2) is 6.08.